The Kier molecular flexibility index (Phi) is 9.15. The summed E-state index contributed by atoms with van der Waals surface area (Å²) in [6, 6.07) is 11.2. The van der Waals surface area contributed by atoms with E-state index in [4.69, 9.17) is 4.42 Å². The fourth-order valence-corrected chi connectivity index (χ4v) is 3.29. The van der Waals surface area contributed by atoms with Crippen molar-refractivity contribution < 1.29 is 14.0 Å². The van der Waals surface area contributed by atoms with Gasteiger partial charge in [-0.15, -0.1) is 24.0 Å². The second-order valence-corrected chi connectivity index (χ2v) is 6.86. The van der Waals surface area contributed by atoms with Crippen molar-refractivity contribution in [2.75, 3.05) is 45.1 Å². The SMILES string of the molecule is CN=C(NCCc1ccc(NC(C)=O)cc1)N1CCN(C(=O)c2ccco2)CC1.I. The number of nitrogens with one attached hydrogen (secondary N) is 2. The van der Waals surface area contributed by atoms with E-state index in [1.54, 1.807) is 24.1 Å². The fourth-order valence-electron chi connectivity index (χ4n) is 3.29. The molecule has 2 amide bonds. The molecule has 2 aromatic rings. The van der Waals surface area contributed by atoms with E-state index < -0.39 is 0 Å². The van der Waals surface area contributed by atoms with Crippen LogP contribution in [0.3, 0.4) is 0 Å². The highest BCUT2D eigenvalue weighted by atomic mass is 127. The molecule has 0 radical (unpaired) electrons. The summed E-state index contributed by atoms with van der Waals surface area (Å²) in [5.41, 5.74) is 1.97. The summed E-state index contributed by atoms with van der Waals surface area (Å²) in [6.45, 7) is 4.94. The van der Waals surface area contributed by atoms with E-state index in [2.05, 4.69) is 20.5 Å². The van der Waals surface area contributed by atoms with Gasteiger partial charge in [-0.05, 0) is 36.2 Å². The quantitative estimate of drug-likeness (QED) is 0.356. The number of aliphatic imine (C=N–C) groups is 1. The van der Waals surface area contributed by atoms with Gasteiger partial charge in [-0.3, -0.25) is 14.6 Å². The first kappa shape index (κ1) is 23.7. The van der Waals surface area contributed by atoms with Crippen LogP contribution in [0.15, 0.2) is 52.1 Å². The van der Waals surface area contributed by atoms with Crippen LogP contribution in [0.25, 0.3) is 0 Å². The maximum Gasteiger partial charge on any atom is 0.289 e. The summed E-state index contributed by atoms with van der Waals surface area (Å²) in [6.07, 6.45) is 2.36. The third-order valence-electron chi connectivity index (χ3n) is 4.78. The van der Waals surface area contributed by atoms with Crippen molar-refractivity contribution >= 4 is 47.4 Å². The zero-order valence-electron chi connectivity index (χ0n) is 17.3. The largest absolute Gasteiger partial charge is 0.459 e. The van der Waals surface area contributed by atoms with Gasteiger partial charge in [0.05, 0.1) is 6.26 Å². The normalized spacial score (nSPS) is 14.1. The highest BCUT2D eigenvalue weighted by Crippen LogP contribution is 2.11. The number of nitrogens with zero attached hydrogens (tertiary/aromatic N) is 3. The number of rotatable bonds is 5. The molecule has 1 aromatic heterocycles. The second-order valence-electron chi connectivity index (χ2n) is 6.86. The third-order valence-corrected chi connectivity index (χ3v) is 4.78. The van der Waals surface area contributed by atoms with Crippen molar-refractivity contribution in [1.29, 1.82) is 0 Å². The summed E-state index contributed by atoms with van der Waals surface area (Å²) in [5, 5.41) is 6.15. The van der Waals surface area contributed by atoms with Crippen LogP contribution in [0.5, 0.6) is 0 Å². The van der Waals surface area contributed by atoms with Crippen molar-refractivity contribution in [1.82, 2.24) is 15.1 Å². The van der Waals surface area contributed by atoms with Crippen molar-refractivity contribution in [3.8, 4) is 0 Å². The van der Waals surface area contributed by atoms with Crippen LogP contribution in [0, 0.1) is 0 Å². The Morgan fingerprint density at radius 1 is 1.07 bits per heavy atom. The Hall–Kier alpha value is -2.56. The van der Waals surface area contributed by atoms with Crippen LogP contribution in [-0.2, 0) is 11.2 Å². The van der Waals surface area contributed by atoms with E-state index in [1.165, 1.54) is 18.8 Å². The first-order chi connectivity index (χ1) is 14.1. The summed E-state index contributed by atoms with van der Waals surface area (Å²) in [7, 11) is 1.77. The highest BCUT2D eigenvalue weighted by Gasteiger charge is 2.25. The van der Waals surface area contributed by atoms with Gasteiger partial charge in [-0.1, -0.05) is 12.1 Å². The molecule has 2 N–H and O–H groups in total. The second kappa shape index (κ2) is 11.6. The van der Waals surface area contributed by atoms with Crippen molar-refractivity contribution in [2.45, 2.75) is 13.3 Å². The molecule has 30 heavy (non-hydrogen) atoms. The topological polar surface area (TPSA) is 90.2 Å². The lowest BCUT2D eigenvalue weighted by Gasteiger charge is -2.36. The van der Waals surface area contributed by atoms with Gasteiger partial charge in [0, 0.05) is 52.4 Å². The molecule has 0 spiro atoms. The number of benzene rings is 1. The predicted octanol–water partition coefficient (Wildman–Crippen LogP) is 2.43. The Morgan fingerprint density at radius 2 is 1.73 bits per heavy atom. The zero-order valence-corrected chi connectivity index (χ0v) is 19.6. The number of furan rings is 1. The van der Waals surface area contributed by atoms with E-state index in [1.807, 2.05) is 24.3 Å². The van der Waals surface area contributed by atoms with Crippen LogP contribution < -0.4 is 10.6 Å². The molecule has 8 nitrogen and oxygen atoms in total. The van der Waals surface area contributed by atoms with Gasteiger partial charge in [-0.2, -0.15) is 0 Å². The number of piperazine rings is 1. The molecule has 1 aliphatic heterocycles. The minimum atomic E-state index is -0.0748. The molecule has 9 heteroatoms. The Labute approximate surface area is 193 Å². The Bertz CT molecular complexity index is 844. The zero-order chi connectivity index (χ0) is 20.6. The van der Waals surface area contributed by atoms with Crippen molar-refractivity contribution in [3.63, 3.8) is 0 Å². The number of carbonyl (C=O) groups excluding carboxylic acids is 2. The standard InChI is InChI=1S/C21H27N5O3.HI/c1-16(27)24-18-7-5-17(6-8-18)9-10-23-21(22-2)26-13-11-25(12-14-26)20(28)19-4-3-15-29-19;/h3-8,15H,9-14H2,1-2H3,(H,22,23)(H,24,27);1H. The molecule has 1 aromatic carbocycles. The lowest BCUT2D eigenvalue weighted by Crippen LogP contribution is -2.53. The molecule has 3 rings (SSSR count). The summed E-state index contributed by atoms with van der Waals surface area (Å²) >= 11 is 0. The van der Waals surface area contributed by atoms with Gasteiger partial charge in [0.1, 0.15) is 0 Å². The van der Waals surface area contributed by atoms with Crippen LogP contribution in [0.2, 0.25) is 0 Å². The van der Waals surface area contributed by atoms with E-state index in [0.29, 0.717) is 18.8 Å². The molecule has 162 valence electrons. The minimum Gasteiger partial charge on any atom is -0.459 e. The molecule has 0 unspecified atom stereocenters. The molecule has 2 heterocycles. The Morgan fingerprint density at radius 3 is 2.30 bits per heavy atom. The number of guanidine groups is 1. The third kappa shape index (κ3) is 6.48. The summed E-state index contributed by atoms with van der Waals surface area (Å²) < 4.78 is 5.20. The van der Waals surface area contributed by atoms with E-state index in [-0.39, 0.29) is 35.8 Å². The Balaban J connectivity index is 0.00000320. The highest BCUT2D eigenvalue weighted by molar-refractivity contribution is 14.0. The van der Waals surface area contributed by atoms with E-state index >= 15 is 0 Å². The number of hydrogen-bond acceptors (Lipinski definition) is 4. The first-order valence-corrected chi connectivity index (χ1v) is 9.71. The van der Waals surface area contributed by atoms with Crippen LogP contribution in [0.4, 0.5) is 5.69 Å². The lowest BCUT2D eigenvalue weighted by atomic mass is 10.1. The van der Waals surface area contributed by atoms with Gasteiger partial charge >= 0.3 is 0 Å². The first-order valence-electron chi connectivity index (χ1n) is 9.71. The predicted molar refractivity (Wildman–Crippen MR) is 127 cm³/mol. The minimum absolute atomic E-state index is 0. The molecule has 0 aliphatic carbocycles. The van der Waals surface area contributed by atoms with Crippen LogP contribution >= 0.6 is 24.0 Å². The summed E-state index contributed by atoms with van der Waals surface area (Å²) in [4.78, 5) is 31.8. The lowest BCUT2D eigenvalue weighted by molar-refractivity contribution is -0.114. The van der Waals surface area contributed by atoms with Gasteiger partial charge in [0.25, 0.3) is 5.91 Å². The molecule has 0 bridgehead atoms. The van der Waals surface area contributed by atoms with Gasteiger partial charge in [0.15, 0.2) is 11.7 Å². The van der Waals surface area contributed by atoms with Crippen molar-refractivity contribution in [2.24, 2.45) is 4.99 Å². The van der Waals surface area contributed by atoms with Crippen LogP contribution in [0.1, 0.15) is 23.0 Å². The maximum atomic E-state index is 12.4. The van der Waals surface area contributed by atoms with Crippen molar-refractivity contribution in [3.05, 3.63) is 54.0 Å². The van der Waals surface area contributed by atoms with E-state index in [0.717, 1.165) is 37.7 Å². The molecular formula is C21H28IN5O3. The number of carbonyl (C=O) groups is 2. The number of hydrogen-bond donors (Lipinski definition) is 2. The number of halogens is 1. The van der Waals surface area contributed by atoms with Crippen LogP contribution in [-0.4, -0.2) is 67.3 Å². The molecule has 0 atom stereocenters. The monoisotopic (exact) mass is 525 g/mol. The van der Waals surface area contributed by atoms with Gasteiger partial charge in [-0.25, -0.2) is 0 Å². The van der Waals surface area contributed by atoms with Gasteiger partial charge in [0.2, 0.25) is 5.91 Å². The molecule has 1 fully saturated rings. The van der Waals surface area contributed by atoms with E-state index in [9.17, 15) is 9.59 Å². The molecule has 0 saturated carbocycles. The maximum absolute atomic E-state index is 12.4. The smallest absolute Gasteiger partial charge is 0.289 e. The number of amides is 2. The molecular weight excluding hydrogens is 497 g/mol. The molecule has 1 aliphatic rings. The summed E-state index contributed by atoms with van der Waals surface area (Å²) in [5.74, 6) is 1.07. The fraction of sp³-hybridized carbons (Fsp3) is 0.381. The average molecular weight is 525 g/mol. The number of anilines is 1. The average Bonchev–Trinajstić information content (AvgIpc) is 3.27. The van der Waals surface area contributed by atoms with Gasteiger partial charge < -0.3 is 24.9 Å². The molecule has 1 saturated heterocycles.